The van der Waals surface area contributed by atoms with Crippen molar-refractivity contribution in [3.05, 3.63) is 0 Å². The Morgan fingerprint density at radius 1 is 1.00 bits per heavy atom. The summed E-state index contributed by atoms with van der Waals surface area (Å²) in [7, 11) is 0. The second-order valence-corrected chi connectivity index (χ2v) is 5.97. The van der Waals surface area contributed by atoms with Gasteiger partial charge < -0.3 is 10.6 Å². The Hall–Kier alpha value is -0.780. The van der Waals surface area contributed by atoms with Gasteiger partial charge in [-0.15, -0.1) is 0 Å². The Labute approximate surface area is 117 Å². The predicted octanol–water partition coefficient (Wildman–Crippen LogP) is 2.76. The molecule has 2 rings (SSSR count). The van der Waals surface area contributed by atoms with Gasteiger partial charge in [-0.2, -0.15) is 13.2 Å². The first-order valence-corrected chi connectivity index (χ1v) is 7.57. The fourth-order valence-electron chi connectivity index (χ4n) is 3.09. The second-order valence-electron chi connectivity index (χ2n) is 5.97. The van der Waals surface area contributed by atoms with E-state index in [9.17, 15) is 18.0 Å². The van der Waals surface area contributed by atoms with E-state index < -0.39 is 18.1 Å². The van der Waals surface area contributed by atoms with Crippen molar-refractivity contribution in [3.8, 4) is 0 Å². The maximum absolute atomic E-state index is 12.5. The molecule has 116 valence electrons. The van der Waals surface area contributed by atoms with Crippen molar-refractivity contribution in [2.24, 2.45) is 5.92 Å². The molecular formula is C14H23F3N2O. The van der Waals surface area contributed by atoms with Gasteiger partial charge in [-0.1, -0.05) is 25.7 Å². The third-order valence-electron chi connectivity index (χ3n) is 4.40. The molecule has 3 nitrogen and oxygen atoms in total. The Balaban J connectivity index is 1.76. The fourth-order valence-corrected chi connectivity index (χ4v) is 3.09. The van der Waals surface area contributed by atoms with E-state index in [0.29, 0.717) is 0 Å². The summed E-state index contributed by atoms with van der Waals surface area (Å²) in [5.41, 5.74) is 0. The summed E-state index contributed by atoms with van der Waals surface area (Å²) >= 11 is 0. The van der Waals surface area contributed by atoms with Gasteiger partial charge in [0.05, 0.1) is 12.0 Å². The summed E-state index contributed by atoms with van der Waals surface area (Å²) in [5, 5.41) is 5.75. The van der Waals surface area contributed by atoms with E-state index in [0.717, 1.165) is 25.7 Å². The number of piperidine rings is 1. The molecule has 1 heterocycles. The SMILES string of the molecule is O=C(NC1CCCCCC1)C1CCC(C(F)(F)F)CN1. The molecule has 2 atom stereocenters. The normalized spacial score (nSPS) is 29.8. The molecular weight excluding hydrogens is 269 g/mol. The van der Waals surface area contributed by atoms with Crippen LogP contribution in [0.2, 0.25) is 0 Å². The van der Waals surface area contributed by atoms with E-state index in [4.69, 9.17) is 0 Å². The lowest BCUT2D eigenvalue weighted by Gasteiger charge is -2.31. The number of amides is 1. The molecule has 0 aromatic carbocycles. The number of carbonyl (C=O) groups is 1. The zero-order chi connectivity index (χ0) is 14.6. The van der Waals surface area contributed by atoms with Gasteiger partial charge in [0.15, 0.2) is 0 Å². The van der Waals surface area contributed by atoms with Crippen LogP contribution < -0.4 is 10.6 Å². The minimum Gasteiger partial charge on any atom is -0.352 e. The van der Waals surface area contributed by atoms with Gasteiger partial charge >= 0.3 is 6.18 Å². The van der Waals surface area contributed by atoms with Crippen LogP contribution in [0.15, 0.2) is 0 Å². The number of rotatable bonds is 2. The van der Waals surface area contributed by atoms with Gasteiger partial charge in [0.2, 0.25) is 5.91 Å². The maximum atomic E-state index is 12.5. The Morgan fingerprint density at radius 2 is 1.65 bits per heavy atom. The Bertz CT molecular complexity index is 317. The quantitative estimate of drug-likeness (QED) is 0.768. The molecule has 2 N–H and O–H groups in total. The molecule has 6 heteroatoms. The molecule has 2 fully saturated rings. The van der Waals surface area contributed by atoms with Gasteiger partial charge in [0.25, 0.3) is 0 Å². The average Bonchev–Trinajstić information content (AvgIpc) is 2.66. The third kappa shape index (κ3) is 4.36. The van der Waals surface area contributed by atoms with E-state index in [1.807, 2.05) is 0 Å². The zero-order valence-corrected chi connectivity index (χ0v) is 11.6. The highest BCUT2D eigenvalue weighted by atomic mass is 19.4. The highest BCUT2D eigenvalue weighted by Crippen LogP contribution is 2.32. The van der Waals surface area contributed by atoms with Gasteiger partial charge in [-0.3, -0.25) is 4.79 Å². The minimum atomic E-state index is -4.16. The highest BCUT2D eigenvalue weighted by Gasteiger charge is 2.42. The van der Waals surface area contributed by atoms with Crippen molar-refractivity contribution in [1.29, 1.82) is 0 Å². The number of alkyl halides is 3. The van der Waals surface area contributed by atoms with Crippen LogP contribution in [0.1, 0.15) is 51.4 Å². The molecule has 1 saturated heterocycles. The summed E-state index contributed by atoms with van der Waals surface area (Å²) < 4.78 is 37.6. The monoisotopic (exact) mass is 292 g/mol. The molecule has 2 unspecified atom stereocenters. The van der Waals surface area contributed by atoms with Gasteiger partial charge in [0, 0.05) is 12.6 Å². The topological polar surface area (TPSA) is 41.1 Å². The lowest BCUT2D eigenvalue weighted by molar-refractivity contribution is -0.180. The molecule has 0 bridgehead atoms. The molecule has 2 aliphatic rings. The standard InChI is InChI=1S/C14H23F3N2O/c15-14(16,17)10-7-8-12(18-9-10)13(20)19-11-5-3-1-2-4-6-11/h10-12,18H,1-9H2,(H,19,20). The summed E-state index contributed by atoms with van der Waals surface area (Å²) in [6.45, 7) is -0.147. The van der Waals surface area contributed by atoms with Crippen LogP contribution in [-0.4, -0.2) is 30.7 Å². The van der Waals surface area contributed by atoms with Crippen molar-refractivity contribution in [2.75, 3.05) is 6.54 Å². The summed E-state index contributed by atoms with van der Waals surface area (Å²) in [4.78, 5) is 12.1. The van der Waals surface area contributed by atoms with Crippen molar-refractivity contribution in [3.63, 3.8) is 0 Å². The first kappa shape index (κ1) is 15.6. The largest absolute Gasteiger partial charge is 0.393 e. The Morgan fingerprint density at radius 3 is 2.15 bits per heavy atom. The maximum Gasteiger partial charge on any atom is 0.393 e. The van der Waals surface area contributed by atoms with Crippen LogP contribution in [0.4, 0.5) is 13.2 Å². The summed E-state index contributed by atoms with van der Waals surface area (Å²) in [5.74, 6) is -1.44. The van der Waals surface area contributed by atoms with E-state index in [-0.39, 0.29) is 31.3 Å². The summed E-state index contributed by atoms with van der Waals surface area (Å²) in [6.07, 6.45) is 2.80. The zero-order valence-electron chi connectivity index (χ0n) is 11.6. The molecule has 20 heavy (non-hydrogen) atoms. The number of hydrogen-bond donors (Lipinski definition) is 2. The average molecular weight is 292 g/mol. The van der Waals surface area contributed by atoms with Crippen LogP contribution in [0.3, 0.4) is 0 Å². The van der Waals surface area contributed by atoms with Crippen molar-refractivity contribution < 1.29 is 18.0 Å². The molecule has 0 radical (unpaired) electrons. The number of carbonyl (C=O) groups excluding carboxylic acids is 1. The predicted molar refractivity (Wildman–Crippen MR) is 70.2 cm³/mol. The molecule has 1 saturated carbocycles. The van der Waals surface area contributed by atoms with E-state index in [1.54, 1.807) is 0 Å². The number of nitrogens with one attached hydrogen (secondary N) is 2. The Kier molecular flexibility index (Phi) is 5.29. The number of halogens is 3. The molecule has 0 spiro atoms. The first-order valence-electron chi connectivity index (χ1n) is 7.57. The van der Waals surface area contributed by atoms with Crippen molar-refractivity contribution in [2.45, 2.75) is 69.6 Å². The smallest absolute Gasteiger partial charge is 0.352 e. The number of hydrogen-bond acceptors (Lipinski definition) is 2. The van der Waals surface area contributed by atoms with Crippen LogP contribution in [0.25, 0.3) is 0 Å². The van der Waals surface area contributed by atoms with Crippen LogP contribution in [-0.2, 0) is 4.79 Å². The van der Waals surface area contributed by atoms with E-state index in [2.05, 4.69) is 10.6 Å². The van der Waals surface area contributed by atoms with Crippen molar-refractivity contribution in [1.82, 2.24) is 10.6 Å². The van der Waals surface area contributed by atoms with Crippen LogP contribution in [0.5, 0.6) is 0 Å². The minimum absolute atomic E-state index is 0.0409. The molecule has 1 aliphatic heterocycles. The third-order valence-corrected chi connectivity index (χ3v) is 4.40. The first-order chi connectivity index (χ1) is 9.47. The lowest BCUT2D eigenvalue weighted by atomic mass is 9.93. The van der Waals surface area contributed by atoms with Crippen LogP contribution in [0, 0.1) is 5.92 Å². The van der Waals surface area contributed by atoms with E-state index in [1.165, 1.54) is 12.8 Å². The van der Waals surface area contributed by atoms with Gasteiger partial charge in [-0.25, -0.2) is 0 Å². The molecule has 1 aliphatic carbocycles. The highest BCUT2D eigenvalue weighted by molar-refractivity contribution is 5.82. The molecule has 0 aromatic rings. The van der Waals surface area contributed by atoms with Crippen LogP contribution >= 0.6 is 0 Å². The molecule has 0 aromatic heterocycles. The van der Waals surface area contributed by atoms with Gasteiger partial charge in [0.1, 0.15) is 0 Å². The molecule has 1 amide bonds. The lowest BCUT2D eigenvalue weighted by Crippen LogP contribution is -2.53. The van der Waals surface area contributed by atoms with Gasteiger partial charge in [-0.05, 0) is 25.7 Å². The van der Waals surface area contributed by atoms with E-state index >= 15 is 0 Å². The fraction of sp³-hybridized carbons (Fsp3) is 0.929. The van der Waals surface area contributed by atoms with Crippen molar-refractivity contribution >= 4 is 5.91 Å². The second kappa shape index (κ2) is 6.78. The summed E-state index contributed by atoms with van der Waals surface area (Å²) in [6, 6.07) is -0.260.